The van der Waals surface area contributed by atoms with E-state index in [1.165, 1.54) is 0 Å². The minimum Gasteiger partial charge on any atom is -0.393 e. The van der Waals surface area contributed by atoms with Crippen LogP contribution < -0.4 is 0 Å². The summed E-state index contributed by atoms with van der Waals surface area (Å²) in [6, 6.07) is 0. The van der Waals surface area contributed by atoms with Gasteiger partial charge in [-0.05, 0) is 40.5 Å². The van der Waals surface area contributed by atoms with Crippen LogP contribution in [0.25, 0.3) is 0 Å². The molecule has 1 saturated heterocycles. The first kappa shape index (κ1) is 12.0. The monoisotopic (exact) mass is 200 g/mol. The van der Waals surface area contributed by atoms with Gasteiger partial charge in [-0.2, -0.15) is 0 Å². The van der Waals surface area contributed by atoms with Crippen LogP contribution in [0, 0.1) is 0 Å². The third-order valence-electron chi connectivity index (χ3n) is 3.02. The highest BCUT2D eigenvalue weighted by Gasteiger charge is 2.45. The van der Waals surface area contributed by atoms with Crippen molar-refractivity contribution in [2.45, 2.75) is 57.7 Å². The SMILES string of the molecule is CN(C)N1C(C)(C)CC(O)CC1(C)C. The van der Waals surface area contributed by atoms with Crippen molar-refractivity contribution >= 4 is 0 Å². The summed E-state index contributed by atoms with van der Waals surface area (Å²) in [6.45, 7) is 8.77. The molecule has 1 rings (SSSR count). The minimum atomic E-state index is -0.170. The lowest BCUT2D eigenvalue weighted by Crippen LogP contribution is -2.66. The van der Waals surface area contributed by atoms with E-state index in [-0.39, 0.29) is 17.2 Å². The first-order chi connectivity index (χ1) is 6.17. The first-order valence-electron chi connectivity index (χ1n) is 5.32. The van der Waals surface area contributed by atoms with Gasteiger partial charge in [0.05, 0.1) is 6.10 Å². The Bertz CT molecular complexity index is 193. The van der Waals surface area contributed by atoms with Crippen LogP contribution in [0.3, 0.4) is 0 Å². The van der Waals surface area contributed by atoms with Crippen LogP contribution in [0.2, 0.25) is 0 Å². The molecule has 0 spiro atoms. The third-order valence-corrected chi connectivity index (χ3v) is 3.02. The van der Waals surface area contributed by atoms with Crippen LogP contribution in [-0.2, 0) is 0 Å². The second-order valence-corrected chi connectivity index (χ2v) is 5.85. The number of piperidine rings is 1. The van der Waals surface area contributed by atoms with Gasteiger partial charge < -0.3 is 5.11 Å². The van der Waals surface area contributed by atoms with Crippen LogP contribution in [-0.4, -0.2) is 46.4 Å². The largest absolute Gasteiger partial charge is 0.393 e. The quantitative estimate of drug-likeness (QED) is 0.694. The van der Waals surface area contributed by atoms with Crippen molar-refractivity contribution in [1.29, 1.82) is 0 Å². The Morgan fingerprint density at radius 3 is 1.71 bits per heavy atom. The zero-order chi connectivity index (χ0) is 11.1. The van der Waals surface area contributed by atoms with Crippen molar-refractivity contribution in [3.8, 4) is 0 Å². The zero-order valence-electron chi connectivity index (χ0n) is 10.3. The maximum Gasteiger partial charge on any atom is 0.0576 e. The van der Waals surface area contributed by atoms with Gasteiger partial charge in [-0.3, -0.25) is 0 Å². The van der Waals surface area contributed by atoms with Gasteiger partial charge >= 0.3 is 0 Å². The van der Waals surface area contributed by atoms with Gasteiger partial charge in [0.1, 0.15) is 0 Å². The molecule has 0 aromatic heterocycles. The highest BCUT2D eigenvalue weighted by atomic mass is 16.3. The Balaban J connectivity index is 2.97. The molecule has 84 valence electrons. The standard InChI is InChI=1S/C11H24N2O/c1-10(2)7-9(14)8-11(3,4)13(10)12(5)6/h9,14H,7-8H2,1-6H3. The number of hydrogen-bond donors (Lipinski definition) is 1. The molecule has 0 saturated carbocycles. The van der Waals surface area contributed by atoms with E-state index in [1.54, 1.807) is 0 Å². The highest BCUT2D eigenvalue weighted by Crippen LogP contribution is 2.38. The molecular formula is C11H24N2O. The lowest BCUT2D eigenvalue weighted by Gasteiger charge is -2.56. The van der Waals surface area contributed by atoms with E-state index >= 15 is 0 Å². The van der Waals surface area contributed by atoms with Crippen LogP contribution in [0.1, 0.15) is 40.5 Å². The molecule has 14 heavy (non-hydrogen) atoms. The van der Waals surface area contributed by atoms with Crippen LogP contribution in [0.15, 0.2) is 0 Å². The molecule has 0 unspecified atom stereocenters. The highest BCUT2D eigenvalue weighted by molar-refractivity contribution is 4.98. The van der Waals surface area contributed by atoms with Crippen molar-refractivity contribution in [3.63, 3.8) is 0 Å². The molecule has 0 bridgehead atoms. The molecule has 3 heteroatoms. The van der Waals surface area contributed by atoms with Crippen molar-refractivity contribution in [3.05, 3.63) is 0 Å². The van der Waals surface area contributed by atoms with Gasteiger partial charge in [-0.15, -0.1) is 0 Å². The maximum absolute atomic E-state index is 9.83. The molecule has 1 N–H and O–H groups in total. The summed E-state index contributed by atoms with van der Waals surface area (Å²) in [5, 5.41) is 14.3. The van der Waals surface area contributed by atoms with E-state index in [2.05, 4.69) is 51.8 Å². The fraction of sp³-hybridized carbons (Fsp3) is 1.00. The smallest absolute Gasteiger partial charge is 0.0576 e. The van der Waals surface area contributed by atoms with Crippen molar-refractivity contribution in [2.75, 3.05) is 14.1 Å². The van der Waals surface area contributed by atoms with E-state index in [1.807, 2.05) is 0 Å². The number of hydrazine groups is 1. The van der Waals surface area contributed by atoms with E-state index < -0.39 is 0 Å². The Kier molecular flexibility index (Phi) is 2.96. The van der Waals surface area contributed by atoms with E-state index in [0.717, 1.165) is 12.8 Å². The van der Waals surface area contributed by atoms with Crippen LogP contribution >= 0.6 is 0 Å². The van der Waals surface area contributed by atoms with E-state index in [0.29, 0.717) is 0 Å². The molecular weight excluding hydrogens is 176 g/mol. The van der Waals surface area contributed by atoms with Gasteiger partial charge in [0.15, 0.2) is 0 Å². The predicted molar refractivity (Wildman–Crippen MR) is 58.9 cm³/mol. The zero-order valence-corrected chi connectivity index (χ0v) is 10.3. The Morgan fingerprint density at radius 2 is 1.43 bits per heavy atom. The molecule has 0 aliphatic carbocycles. The molecule has 0 atom stereocenters. The van der Waals surface area contributed by atoms with Crippen LogP contribution in [0.5, 0.6) is 0 Å². The van der Waals surface area contributed by atoms with Gasteiger partial charge in [0.2, 0.25) is 0 Å². The summed E-state index contributed by atoms with van der Waals surface area (Å²) in [6.07, 6.45) is 1.51. The molecule has 0 radical (unpaired) electrons. The second kappa shape index (κ2) is 3.47. The average Bonchev–Trinajstić information content (AvgIpc) is 1.75. The summed E-state index contributed by atoms with van der Waals surface area (Å²) in [5.41, 5.74) is 0.0648. The summed E-state index contributed by atoms with van der Waals surface area (Å²) >= 11 is 0. The molecule has 1 aliphatic heterocycles. The number of hydrogen-bond acceptors (Lipinski definition) is 3. The number of nitrogens with zero attached hydrogens (tertiary/aromatic N) is 2. The first-order valence-corrected chi connectivity index (χ1v) is 5.32. The Hall–Kier alpha value is -0.120. The molecule has 1 aliphatic rings. The van der Waals surface area contributed by atoms with E-state index in [4.69, 9.17) is 0 Å². The Morgan fingerprint density at radius 1 is 1.07 bits per heavy atom. The second-order valence-electron chi connectivity index (χ2n) is 5.85. The average molecular weight is 200 g/mol. The number of aliphatic hydroxyl groups is 1. The summed E-state index contributed by atoms with van der Waals surface area (Å²) in [5.74, 6) is 0. The van der Waals surface area contributed by atoms with E-state index in [9.17, 15) is 5.11 Å². The van der Waals surface area contributed by atoms with Crippen molar-refractivity contribution in [2.24, 2.45) is 0 Å². The normalized spacial score (nSPS) is 28.3. The lowest BCUT2D eigenvalue weighted by molar-refractivity contribution is -0.183. The molecule has 0 aromatic rings. The molecule has 1 heterocycles. The summed E-state index contributed by atoms with van der Waals surface area (Å²) < 4.78 is 0. The molecule has 1 fully saturated rings. The summed E-state index contributed by atoms with van der Waals surface area (Å²) in [7, 11) is 4.14. The Labute approximate surface area is 87.7 Å². The molecule has 0 amide bonds. The van der Waals surface area contributed by atoms with Gasteiger partial charge in [-0.25, -0.2) is 10.0 Å². The lowest BCUT2D eigenvalue weighted by atomic mass is 9.80. The number of rotatable bonds is 1. The summed E-state index contributed by atoms with van der Waals surface area (Å²) in [4.78, 5) is 0. The van der Waals surface area contributed by atoms with Gasteiger partial charge in [0.25, 0.3) is 0 Å². The molecule has 0 aromatic carbocycles. The maximum atomic E-state index is 9.83. The van der Waals surface area contributed by atoms with Gasteiger partial charge in [0, 0.05) is 25.2 Å². The predicted octanol–water partition coefficient (Wildman–Crippen LogP) is 1.48. The van der Waals surface area contributed by atoms with Gasteiger partial charge in [-0.1, -0.05) is 0 Å². The number of aliphatic hydroxyl groups excluding tert-OH is 1. The fourth-order valence-electron chi connectivity index (χ4n) is 3.30. The minimum absolute atomic E-state index is 0.0324. The topological polar surface area (TPSA) is 26.7 Å². The van der Waals surface area contributed by atoms with Crippen molar-refractivity contribution in [1.82, 2.24) is 10.0 Å². The molecule has 3 nitrogen and oxygen atoms in total. The third kappa shape index (κ3) is 2.10. The van der Waals surface area contributed by atoms with Crippen LogP contribution in [0.4, 0.5) is 0 Å². The fourth-order valence-corrected chi connectivity index (χ4v) is 3.30. The van der Waals surface area contributed by atoms with Crippen molar-refractivity contribution < 1.29 is 5.11 Å².